The van der Waals surface area contributed by atoms with Crippen molar-refractivity contribution in [3.05, 3.63) is 66.0 Å². The number of aliphatic hydroxyl groups is 1. The van der Waals surface area contributed by atoms with E-state index >= 15 is 0 Å². The molecular weight excluding hydrogens is 283 g/mol. The summed E-state index contributed by atoms with van der Waals surface area (Å²) in [5.74, 6) is -0.538. The highest BCUT2D eigenvalue weighted by molar-refractivity contribution is 5.94. The molecule has 2 aromatic carbocycles. The maximum absolute atomic E-state index is 12.9. The van der Waals surface area contributed by atoms with Gasteiger partial charge in [-0.1, -0.05) is 30.3 Å². The molecular formula is C17H20FN2O2+. The predicted octanol–water partition coefficient (Wildman–Crippen LogP) is 1.01. The van der Waals surface area contributed by atoms with Crippen molar-refractivity contribution in [2.75, 3.05) is 25.5 Å². The number of anilines is 1. The minimum absolute atomic E-state index is 0.000997. The van der Waals surface area contributed by atoms with E-state index in [-0.39, 0.29) is 18.3 Å². The van der Waals surface area contributed by atoms with Gasteiger partial charge in [0, 0.05) is 11.3 Å². The highest BCUT2D eigenvalue weighted by atomic mass is 19.1. The molecule has 0 bridgehead atoms. The highest BCUT2D eigenvalue weighted by Crippen LogP contribution is 2.14. The summed E-state index contributed by atoms with van der Waals surface area (Å²) in [6, 6.07) is 14.6. The van der Waals surface area contributed by atoms with Crippen molar-refractivity contribution >= 4 is 11.6 Å². The van der Waals surface area contributed by atoms with Crippen LogP contribution in [0.1, 0.15) is 11.6 Å². The molecule has 1 amide bonds. The van der Waals surface area contributed by atoms with E-state index in [0.29, 0.717) is 12.2 Å². The number of hydrogen-bond donors (Lipinski definition) is 3. The van der Waals surface area contributed by atoms with Crippen LogP contribution in [0.4, 0.5) is 10.1 Å². The molecule has 4 nitrogen and oxygen atoms in total. The summed E-state index contributed by atoms with van der Waals surface area (Å²) in [4.78, 5) is 13.5. The molecule has 2 rings (SSSR count). The Labute approximate surface area is 129 Å². The zero-order valence-electron chi connectivity index (χ0n) is 12.4. The van der Waals surface area contributed by atoms with E-state index < -0.39 is 6.04 Å². The molecule has 3 N–H and O–H groups in total. The van der Waals surface area contributed by atoms with Gasteiger partial charge in [-0.05, 0) is 24.3 Å². The number of benzene rings is 2. The molecule has 2 aromatic rings. The molecule has 0 aliphatic rings. The zero-order chi connectivity index (χ0) is 15.9. The van der Waals surface area contributed by atoms with Crippen LogP contribution in [0.5, 0.6) is 0 Å². The Balaban J connectivity index is 2.20. The van der Waals surface area contributed by atoms with Crippen LogP contribution in [0, 0.1) is 5.82 Å². The van der Waals surface area contributed by atoms with Gasteiger partial charge in [0.1, 0.15) is 12.4 Å². The second-order valence-electron chi connectivity index (χ2n) is 5.16. The number of nitrogens with one attached hydrogen (secondary N) is 2. The second-order valence-corrected chi connectivity index (χ2v) is 5.16. The number of halogens is 1. The van der Waals surface area contributed by atoms with Crippen molar-refractivity contribution in [1.82, 2.24) is 0 Å². The molecule has 0 aliphatic heterocycles. The van der Waals surface area contributed by atoms with Crippen LogP contribution in [-0.4, -0.2) is 31.2 Å². The van der Waals surface area contributed by atoms with Crippen LogP contribution < -0.4 is 10.2 Å². The van der Waals surface area contributed by atoms with Crippen molar-refractivity contribution in [2.24, 2.45) is 0 Å². The first kappa shape index (κ1) is 16.1. The summed E-state index contributed by atoms with van der Waals surface area (Å²) < 4.78 is 12.9. The Hall–Kier alpha value is -2.24. The van der Waals surface area contributed by atoms with Crippen molar-refractivity contribution in [1.29, 1.82) is 0 Å². The van der Waals surface area contributed by atoms with Crippen LogP contribution in [0.3, 0.4) is 0 Å². The van der Waals surface area contributed by atoms with Gasteiger partial charge in [-0.2, -0.15) is 0 Å². The third-order valence-electron chi connectivity index (χ3n) is 3.51. The molecule has 2 atom stereocenters. The van der Waals surface area contributed by atoms with Crippen molar-refractivity contribution in [3.8, 4) is 0 Å². The van der Waals surface area contributed by atoms with Crippen LogP contribution in [-0.2, 0) is 4.79 Å². The minimum atomic E-state index is -0.446. The molecule has 22 heavy (non-hydrogen) atoms. The summed E-state index contributed by atoms with van der Waals surface area (Å²) in [6.07, 6.45) is 0. The Kier molecular flexibility index (Phi) is 5.63. The smallest absolute Gasteiger partial charge is 0.287 e. The molecule has 5 heteroatoms. The van der Waals surface area contributed by atoms with E-state index in [1.54, 1.807) is 0 Å². The van der Waals surface area contributed by atoms with E-state index in [2.05, 4.69) is 5.32 Å². The van der Waals surface area contributed by atoms with Gasteiger partial charge in [0.2, 0.25) is 0 Å². The largest absolute Gasteiger partial charge is 0.391 e. The molecule has 116 valence electrons. The first-order valence-corrected chi connectivity index (χ1v) is 7.16. The summed E-state index contributed by atoms with van der Waals surface area (Å²) >= 11 is 0. The number of carbonyl (C=O) groups is 1. The SMILES string of the molecule is C[NH+](CCO)[C@H](C(=O)Nc1ccc(F)cc1)c1ccccc1. The first-order chi connectivity index (χ1) is 10.6. The third-order valence-corrected chi connectivity index (χ3v) is 3.51. The van der Waals surface area contributed by atoms with Gasteiger partial charge in [-0.3, -0.25) is 4.79 Å². The fraction of sp³-hybridized carbons (Fsp3) is 0.235. The lowest BCUT2D eigenvalue weighted by Gasteiger charge is -2.24. The third kappa shape index (κ3) is 4.13. The fourth-order valence-corrected chi connectivity index (χ4v) is 2.37. The lowest BCUT2D eigenvalue weighted by molar-refractivity contribution is -0.902. The number of aliphatic hydroxyl groups excluding tert-OH is 1. The van der Waals surface area contributed by atoms with Crippen LogP contribution in [0.25, 0.3) is 0 Å². The number of quaternary nitrogens is 1. The van der Waals surface area contributed by atoms with E-state index in [1.165, 1.54) is 24.3 Å². The van der Waals surface area contributed by atoms with Crippen LogP contribution in [0.15, 0.2) is 54.6 Å². The van der Waals surface area contributed by atoms with Gasteiger partial charge < -0.3 is 15.3 Å². The Morgan fingerprint density at radius 3 is 2.41 bits per heavy atom. The van der Waals surface area contributed by atoms with Gasteiger partial charge in [0.25, 0.3) is 5.91 Å². The Bertz CT molecular complexity index is 602. The van der Waals surface area contributed by atoms with E-state index in [0.717, 1.165) is 10.5 Å². The number of hydrogen-bond acceptors (Lipinski definition) is 2. The molecule has 0 aliphatic carbocycles. The van der Waals surface area contributed by atoms with Crippen LogP contribution in [0.2, 0.25) is 0 Å². The minimum Gasteiger partial charge on any atom is -0.391 e. The van der Waals surface area contributed by atoms with E-state index in [4.69, 9.17) is 5.11 Å². The molecule has 0 saturated carbocycles. The topological polar surface area (TPSA) is 53.8 Å². The predicted molar refractivity (Wildman–Crippen MR) is 83.1 cm³/mol. The molecule has 0 fully saturated rings. The van der Waals surface area contributed by atoms with Gasteiger partial charge in [-0.25, -0.2) is 4.39 Å². The number of amides is 1. The van der Waals surface area contributed by atoms with E-state index in [9.17, 15) is 9.18 Å². The number of carbonyl (C=O) groups excluding carboxylic acids is 1. The summed E-state index contributed by atoms with van der Waals surface area (Å²) in [5.41, 5.74) is 1.41. The normalized spacial score (nSPS) is 13.4. The second kappa shape index (κ2) is 7.68. The Morgan fingerprint density at radius 2 is 1.82 bits per heavy atom. The van der Waals surface area contributed by atoms with Crippen molar-refractivity contribution < 1.29 is 19.2 Å². The van der Waals surface area contributed by atoms with Crippen LogP contribution >= 0.6 is 0 Å². The van der Waals surface area contributed by atoms with E-state index in [1.807, 2.05) is 37.4 Å². The molecule has 0 radical (unpaired) electrons. The van der Waals surface area contributed by atoms with Crippen molar-refractivity contribution in [2.45, 2.75) is 6.04 Å². The molecule has 0 aromatic heterocycles. The van der Waals surface area contributed by atoms with Gasteiger partial charge in [0.05, 0.1) is 13.7 Å². The highest BCUT2D eigenvalue weighted by Gasteiger charge is 2.28. The van der Waals surface area contributed by atoms with Gasteiger partial charge in [0.15, 0.2) is 6.04 Å². The Morgan fingerprint density at radius 1 is 1.18 bits per heavy atom. The molecule has 1 unspecified atom stereocenters. The molecule has 0 heterocycles. The first-order valence-electron chi connectivity index (χ1n) is 7.16. The summed E-state index contributed by atoms with van der Waals surface area (Å²) in [5, 5.41) is 11.9. The fourth-order valence-electron chi connectivity index (χ4n) is 2.37. The quantitative estimate of drug-likeness (QED) is 0.746. The monoisotopic (exact) mass is 303 g/mol. The lowest BCUT2D eigenvalue weighted by atomic mass is 10.0. The average Bonchev–Trinajstić information content (AvgIpc) is 2.51. The lowest BCUT2D eigenvalue weighted by Crippen LogP contribution is -3.11. The number of likely N-dealkylation sites (N-methyl/N-ethyl adjacent to an activating group) is 1. The maximum atomic E-state index is 12.9. The zero-order valence-corrected chi connectivity index (χ0v) is 12.4. The maximum Gasteiger partial charge on any atom is 0.287 e. The molecule has 0 spiro atoms. The molecule has 0 saturated heterocycles. The number of rotatable bonds is 6. The summed E-state index contributed by atoms with van der Waals surface area (Å²) in [6.45, 7) is 0.454. The van der Waals surface area contributed by atoms with Crippen molar-refractivity contribution in [3.63, 3.8) is 0 Å². The standard InChI is InChI=1S/C17H19FN2O2/c1-20(11-12-21)16(13-5-3-2-4-6-13)17(22)19-15-9-7-14(18)8-10-15/h2-10,16,21H,11-12H2,1H3,(H,19,22)/p+1/t16-/m0/s1. The summed E-state index contributed by atoms with van der Waals surface area (Å²) in [7, 11) is 1.86. The van der Waals surface area contributed by atoms with Gasteiger partial charge in [-0.15, -0.1) is 0 Å². The average molecular weight is 303 g/mol. The van der Waals surface area contributed by atoms with Gasteiger partial charge >= 0.3 is 0 Å².